The van der Waals surface area contributed by atoms with Crippen LogP contribution in [0.3, 0.4) is 0 Å². The molecule has 2 rings (SSSR count). The van der Waals surface area contributed by atoms with E-state index in [1.807, 2.05) is 44.2 Å². The van der Waals surface area contributed by atoms with E-state index in [4.69, 9.17) is 4.74 Å². The second kappa shape index (κ2) is 7.17. The molecule has 0 fully saturated rings. The van der Waals surface area contributed by atoms with Gasteiger partial charge in [-0.1, -0.05) is 42.5 Å². The first-order chi connectivity index (χ1) is 11.0. The van der Waals surface area contributed by atoms with Crippen molar-refractivity contribution in [3.05, 3.63) is 36.0 Å². The average Bonchev–Trinajstić information content (AvgIpc) is 2.99. The van der Waals surface area contributed by atoms with Crippen molar-refractivity contribution in [1.29, 1.82) is 0 Å². The quantitative estimate of drug-likeness (QED) is 0.605. The van der Waals surface area contributed by atoms with Gasteiger partial charge in [0.15, 0.2) is 11.5 Å². The van der Waals surface area contributed by atoms with E-state index in [0.29, 0.717) is 5.69 Å². The Morgan fingerprint density at radius 1 is 1.22 bits per heavy atom. The molecule has 0 amide bonds. The summed E-state index contributed by atoms with van der Waals surface area (Å²) in [5.74, 6) is -0.589. The van der Waals surface area contributed by atoms with Crippen molar-refractivity contribution in [2.75, 3.05) is 0 Å². The van der Waals surface area contributed by atoms with Crippen LogP contribution in [-0.2, 0) is 9.53 Å². The van der Waals surface area contributed by atoms with Crippen molar-refractivity contribution in [3.63, 3.8) is 0 Å². The Kier molecular flexibility index (Phi) is 5.26. The zero-order chi connectivity index (χ0) is 17.0. The van der Waals surface area contributed by atoms with Gasteiger partial charge < -0.3 is 4.74 Å². The Morgan fingerprint density at radius 2 is 1.87 bits per heavy atom. The minimum Gasteiger partial charge on any atom is -0.461 e. The zero-order valence-electron chi connectivity index (χ0n) is 13.8. The fourth-order valence-corrected chi connectivity index (χ4v) is 2.15. The summed E-state index contributed by atoms with van der Waals surface area (Å²) in [7, 11) is 0. The smallest absolute Gasteiger partial charge is 0.330 e. The molecule has 1 aromatic heterocycles. The van der Waals surface area contributed by atoms with Crippen LogP contribution < -0.4 is 0 Å². The van der Waals surface area contributed by atoms with E-state index in [0.717, 1.165) is 12.0 Å². The van der Waals surface area contributed by atoms with E-state index in [9.17, 15) is 9.59 Å². The molecule has 2 unspecified atom stereocenters. The first-order valence-corrected chi connectivity index (χ1v) is 7.67. The van der Waals surface area contributed by atoms with Gasteiger partial charge in [-0.2, -0.15) is 0 Å². The molecule has 0 spiro atoms. The molecule has 23 heavy (non-hydrogen) atoms. The van der Waals surface area contributed by atoms with Gasteiger partial charge in [-0.25, -0.2) is 9.48 Å². The van der Waals surface area contributed by atoms with Gasteiger partial charge in [0, 0.05) is 12.5 Å². The van der Waals surface area contributed by atoms with Crippen LogP contribution in [0.5, 0.6) is 0 Å². The molecule has 0 N–H and O–H groups in total. The first-order valence-electron chi connectivity index (χ1n) is 7.67. The van der Waals surface area contributed by atoms with Crippen molar-refractivity contribution in [1.82, 2.24) is 15.0 Å². The SMILES string of the molecule is CCC(C)OC(=O)C(C)n1nnc(C(C)=O)c1-c1ccccc1. The van der Waals surface area contributed by atoms with Gasteiger partial charge in [0.1, 0.15) is 11.7 Å². The predicted molar refractivity (Wildman–Crippen MR) is 86.0 cm³/mol. The minimum atomic E-state index is -0.667. The highest BCUT2D eigenvalue weighted by molar-refractivity contribution is 5.98. The molecular formula is C17H21N3O3. The summed E-state index contributed by atoms with van der Waals surface area (Å²) < 4.78 is 6.82. The number of esters is 1. The molecule has 2 aromatic rings. The lowest BCUT2D eigenvalue weighted by atomic mass is 10.1. The first kappa shape index (κ1) is 16.9. The molecule has 1 heterocycles. The Morgan fingerprint density at radius 3 is 2.43 bits per heavy atom. The summed E-state index contributed by atoms with van der Waals surface area (Å²) in [6.45, 7) is 6.91. The van der Waals surface area contributed by atoms with Gasteiger partial charge in [0.2, 0.25) is 0 Å². The van der Waals surface area contributed by atoms with Crippen molar-refractivity contribution < 1.29 is 14.3 Å². The fourth-order valence-electron chi connectivity index (χ4n) is 2.15. The van der Waals surface area contributed by atoms with Gasteiger partial charge in [0.25, 0.3) is 0 Å². The van der Waals surface area contributed by atoms with Gasteiger partial charge in [0.05, 0.1) is 6.10 Å². The zero-order valence-corrected chi connectivity index (χ0v) is 13.8. The van der Waals surface area contributed by atoms with Crippen LogP contribution in [0, 0.1) is 0 Å². The van der Waals surface area contributed by atoms with E-state index < -0.39 is 12.0 Å². The summed E-state index contributed by atoms with van der Waals surface area (Å²) >= 11 is 0. The van der Waals surface area contributed by atoms with Crippen LogP contribution in [0.1, 0.15) is 50.6 Å². The summed E-state index contributed by atoms with van der Waals surface area (Å²) in [6, 6.07) is 8.64. The maximum atomic E-state index is 12.3. The summed E-state index contributed by atoms with van der Waals surface area (Å²) in [6.07, 6.45) is 0.570. The number of carbonyl (C=O) groups is 2. The summed E-state index contributed by atoms with van der Waals surface area (Å²) in [4.78, 5) is 24.1. The van der Waals surface area contributed by atoms with Crippen LogP contribution in [-0.4, -0.2) is 32.9 Å². The summed E-state index contributed by atoms with van der Waals surface area (Å²) in [5, 5.41) is 7.96. The normalized spacial score (nSPS) is 13.4. The van der Waals surface area contributed by atoms with E-state index in [1.165, 1.54) is 11.6 Å². The lowest BCUT2D eigenvalue weighted by molar-refractivity contribution is -0.152. The Hall–Kier alpha value is -2.50. The molecule has 6 nitrogen and oxygen atoms in total. The third kappa shape index (κ3) is 3.64. The van der Waals surface area contributed by atoms with Crippen molar-refractivity contribution >= 4 is 11.8 Å². The molecule has 2 atom stereocenters. The molecule has 0 bridgehead atoms. The predicted octanol–water partition coefficient (Wildman–Crippen LogP) is 3.05. The van der Waals surface area contributed by atoms with Crippen LogP contribution in [0.4, 0.5) is 0 Å². The fraction of sp³-hybridized carbons (Fsp3) is 0.412. The highest BCUT2D eigenvalue weighted by atomic mass is 16.5. The Balaban J connectivity index is 2.43. The number of nitrogens with zero attached hydrogens (tertiary/aromatic N) is 3. The molecule has 0 aliphatic rings. The van der Waals surface area contributed by atoms with Gasteiger partial charge in [-0.3, -0.25) is 4.79 Å². The minimum absolute atomic E-state index is 0.166. The van der Waals surface area contributed by atoms with Gasteiger partial charge in [-0.15, -0.1) is 5.10 Å². The molecule has 0 radical (unpaired) electrons. The van der Waals surface area contributed by atoms with Crippen LogP contribution in [0.25, 0.3) is 11.3 Å². The number of ketones is 1. The number of rotatable bonds is 6. The van der Waals surface area contributed by atoms with Crippen molar-refractivity contribution in [3.8, 4) is 11.3 Å². The van der Waals surface area contributed by atoms with Crippen LogP contribution in [0.15, 0.2) is 30.3 Å². The largest absolute Gasteiger partial charge is 0.461 e. The molecule has 1 aromatic carbocycles. The highest BCUT2D eigenvalue weighted by Gasteiger charge is 2.26. The number of Topliss-reactive ketones (excluding diaryl/α,β-unsaturated/α-hetero) is 1. The molecule has 0 aliphatic carbocycles. The molecular weight excluding hydrogens is 294 g/mol. The van der Waals surface area contributed by atoms with Crippen molar-refractivity contribution in [2.45, 2.75) is 46.3 Å². The number of carbonyl (C=O) groups excluding carboxylic acids is 2. The maximum Gasteiger partial charge on any atom is 0.330 e. The monoisotopic (exact) mass is 315 g/mol. The lowest BCUT2D eigenvalue weighted by Gasteiger charge is -2.17. The number of aromatic nitrogens is 3. The third-order valence-electron chi connectivity index (χ3n) is 3.68. The number of hydrogen-bond donors (Lipinski definition) is 0. The van der Waals surface area contributed by atoms with E-state index in [-0.39, 0.29) is 17.6 Å². The van der Waals surface area contributed by atoms with E-state index in [2.05, 4.69) is 10.3 Å². The van der Waals surface area contributed by atoms with Crippen LogP contribution >= 0.6 is 0 Å². The second-order valence-electron chi connectivity index (χ2n) is 5.49. The van der Waals surface area contributed by atoms with Gasteiger partial charge >= 0.3 is 5.97 Å². The van der Waals surface area contributed by atoms with Gasteiger partial charge in [-0.05, 0) is 20.3 Å². The van der Waals surface area contributed by atoms with Crippen LogP contribution in [0.2, 0.25) is 0 Å². The molecule has 122 valence electrons. The summed E-state index contributed by atoms with van der Waals surface area (Å²) in [5.41, 5.74) is 1.57. The topological polar surface area (TPSA) is 74.1 Å². The molecule has 0 aliphatic heterocycles. The Labute approximate surface area is 135 Å². The van der Waals surface area contributed by atoms with E-state index in [1.54, 1.807) is 6.92 Å². The second-order valence-corrected chi connectivity index (χ2v) is 5.49. The number of ether oxygens (including phenoxy) is 1. The number of hydrogen-bond acceptors (Lipinski definition) is 5. The Bertz CT molecular complexity index is 694. The standard InChI is InChI=1S/C17H21N3O3/c1-5-11(2)23-17(22)12(3)20-16(14-9-7-6-8-10-14)15(13(4)21)18-19-20/h6-12H,5H2,1-4H3. The molecule has 0 saturated heterocycles. The molecule has 6 heteroatoms. The highest BCUT2D eigenvalue weighted by Crippen LogP contribution is 2.26. The third-order valence-corrected chi connectivity index (χ3v) is 3.68. The van der Waals surface area contributed by atoms with Crippen molar-refractivity contribution in [2.24, 2.45) is 0 Å². The molecule has 0 saturated carbocycles. The lowest BCUT2D eigenvalue weighted by Crippen LogP contribution is -2.24. The number of benzene rings is 1. The average molecular weight is 315 g/mol. The maximum absolute atomic E-state index is 12.3. The van der Waals surface area contributed by atoms with E-state index >= 15 is 0 Å².